The lowest BCUT2D eigenvalue weighted by Crippen LogP contribution is -2.53. The van der Waals surface area contributed by atoms with Gasteiger partial charge in [-0.3, -0.25) is 19.7 Å². The highest BCUT2D eigenvalue weighted by atomic mass is 31.2. The van der Waals surface area contributed by atoms with Gasteiger partial charge in [0, 0.05) is 56.0 Å². The standard InChI is InChI=1S/C39H50N5O5P/c1-28(2)44(29(3)4)50(47-24-16-23-40-6)48-27-35-34(25-36(49-35)43-26-30(5)37(45)41-38(43)46)42-39(31-17-10-7-11-18-31,32-19-12-8-13-20-32)33-21-14-9-15-22-33/h7-15,17-23,26,28-29,34-36,42H,16,24-25,27H2,1-6H3,(H,41,45,46)/b40-23+/t34?,35-,36-,50?/m1/s1. The topological polar surface area (TPSA) is 110 Å². The summed E-state index contributed by atoms with van der Waals surface area (Å²) in [7, 11) is 0.299. The van der Waals surface area contributed by atoms with Crippen LogP contribution in [-0.4, -0.2) is 64.9 Å². The van der Waals surface area contributed by atoms with Gasteiger partial charge in [-0.15, -0.1) is 0 Å². The van der Waals surface area contributed by atoms with E-state index in [1.54, 1.807) is 20.2 Å². The summed E-state index contributed by atoms with van der Waals surface area (Å²) in [5.41, 5.74) is 1.92. The van der Waals surface area contributed by atoms with E-state index in [-0.39, 0.29) is 24.7 Å². The van der Waals surface area contributed by atoms with Crippen molar-refractivity contribution < 1.29 is 13.8 Å². The summed E-state index contributed by atoms with van der Waals surface area (Å²) < 4.78 is 23.6. The largest absolute Gasteiger partial charge is 0.351 e. The third-order valence-electron chi connectivity index (χ3n) is 8.94. The quantitative estimate of drug-likeness (QED) is 0.0591. The summed E-state index contributed by atoms with van der Waals surface area (Å²) in [6.45, 7) is 10.9. The van der Waals surface area contributed by atoms with Crippen molar-refractivity contribution in [2.45, 2.75) is 83.5 Å². The van der Waals surface area contributed by atoms with Crippen LogP contribution in [0.25, 0.3) is 0 Å². The fourth-order valence-electron chi connectivity index (χ4n) is 6.69. The number of aryl methyl sites for hydroxylation is 1. The molecule has 0 aliphatic carbocycles. The number of H-pyrrole nitrogens is 1. The number of aliphatic imine (C=N–C) groups is 1. The van der Waals surface area contributed by atoms with Gasteiger partial charge in [0.2, 0.25) is 0 Å². The lowest BCUT2D eigenvalue weighted by Gasteiger charge is -2.40. The number of ether oxygens (including phenoxy) is 1. The number of rotatable bonds is 16. The Morgan fingerprint density at radius 1 is 0.940 bits per heavy atom. The minimum absolute atomic E-state index is 0.178. The van der Waals surface area contributed by atoms with E-state index in [9.17, 15) is 9.59 Å². The molecule has 50 heavy (non-hydrogen) atoms. The van der Waals surface area contributed by atoms with Crippen LogP contribution in [-0.2, 0) is 19.3 Å². The molecule has 1 fully saturated rings. The second kappa shape index (κ2) is 17.4. The Balaban J connectivity index is 1.58. The SMILES string of the molecule is C/N=C/CCOP(OC[C@H]1O[C@@H](n2cc(C)c(=O)[nH]c2=O)CC1NC(c1ccccc1)(c1ccccc1)c1ccccc1)N(C(C)C)C(C)C. The molecule has 266 valence electrons. The molecular weight excluding hydrogens is 649 g/mol. The summed E-state index contributed by atoms with van der Waals surface area (Å²) >= 11 is 0. The number of aromatic amines is 1. The van der Waals surface area contributed by atoms with Crippen LogP contribution in [0.2, 0.25) is 0 Å². The maximum absolute atomic E-state index is 13.2. The number of nitrogens with zero attached hydrogens (tertiary/aromatic N) is 3. The van der Waals surface area contributed by atoms with Crippen molar-refractivity contribution in [2.24, 2.45) is 4.99 Å². The number of nitrogens with one attached hydrogen (secondary N) is 2. The van der Waals surface area contributed by atoms with E-state index in [0.29, 0.717) is 25.0 Å². The summed E-state index contributed by atoms with van der Waals surface area (Å²) in [5.74, 6) is 0. The van der Waals surface area contributed by atoms with Crippen molar-refractivity contribution in [1.29, 1.82) is 0 Å². The maximum atomic E-state index is 13.2. The summed E-state index contributed by atoms with van der Waals surface area (Å²) in [5, 5.41) is 4.08. The Bertz CT molecular complexity index is 1680. The van der Waals surface area contributed by atoms with E-state index in [4.69, 9.17) is 13.8 Å². The predicted octanol–water partition coefficient (Wildman–Crippen LogP) is 6.55. The molecule has 1 aliphatic heterocycles. The van der Waals surface area contributed by atoms with Gasteiger partial charge in [-0.25, -0.2) is 9.46 Å². The van der Waals surface area contributed by atoms with E-state index >= 15 is 0 Å². The Morgan fingerprint density at radius 3 is 1.98 bits per heavy atom. The van der Waals surface area contributed by atoms with Gasteiger partial charge in [-0.2, -0.15) is 0 Å². The highest BCUT2D eigenvalue weighted by molar-refractivity contribution is 7.44. The van der Waals surface area contributed by atoms with Crippen LogP contribution in [0.15, 0.2) is 112 Å². The van der Waals surface area contributed by atoms with Crippen LogP contribution >= 0.6 is 8.53 Å². The second-order valence-electron chi connectivity index (χ2n) is 13.1. The summed E-state index contributed by atoms with van der Waals surface area (Å²) in [6, 6.07) is 31.2. The molecule has 0 saturated carbocycles. The van der Waals surface area contributed by atoms with Crippen molar-refractivity contribution in [3.63, 3.8) is 0 Å². The molecule has 2 unspecified atom stereocenters. The first-order valence-electron chi connectivity index (χ1n) is 17.3. The molecule has 1 aliphatic rings. The lowest BCUT2D eigenvalue weighted by molar-refractivity contribution is -0.0279. The summed E-state index contributed by atoms with van der Waals surface area (Å²) in [6.07, 6.45) is 3.41. The molecule has 11 heteroatoms. The average Bonchev–Trinajstić information content (AvgIpc) is 3.52. The molecule has 4 aromatic rings. The monoisotopic (exact) mass is 699 g/mol. The van der Waals surface area contributed by atoms with Gasteiger partial charge >= 0.3 is 5.69 Å². The molecule has 10 nitrogen and oxygen atoms in total. The molecule has 2 N–H and O–H groups in total. The number of hydrogen-bond donors (Lipinski definition) is 2. The van der Waals surface area contributed by atoms with Crippen molar-refractivity contribution in [3.05, 3.63) is 140 Å². The van der Waals surface area contributed by atoms with Crippen molar-refractivity contribution in [2.75, 3.05) is 20.3 Å². The van der Waals surface area contributed by atoms with Gasteiger partial charge in [0.1, 0.15) is 6.23 Å². The third-order valence-corrected chi connectivity index (χ3v) is 11.0. The number of aromatic nitrogens is 2. The predicted molar refractivity (Wildman–Crippen MR) is 201 cm³/mol. The molecule has 1 saturated heterocycles. The zero-order chi connectivity index (χ0) is 35.7. The first-order valence-corrected chi connectivity index (χ1v) is 18.4. The lowest BCUT2D eigenvalue weighted by atomic mass is 9.76. The molecule has 2 heterocycles. The van der Waals surface area contributed by atoms with Gasteiger partial charge in [-0.05, 0) is 51.3 Å². The molecular formula is C39H50N5O5P. The molecule has 0 spiro atoms. The first-order chi connectivity index (χ1) is 24.1. The molecule has 0 amide bonds. The molecule has 0 radical (unpaired) electrons. The Hall–Kier alpha value is -3.76. The molecule has 0 bridgehead atoms. The Morgan fingerprint density at radius 2 is 1.48 bits per heavy atom. The Labute approximate surface area is 296 Å². The van der Waals surface area contributed by atoms with E-state index < -0.39 is 37.6 Å². The highest BCUT2D eigenvalue weighted by Crippen LogP contribution is 2.47. The van der Waals surface area contributed by atoms with Gasteiger partial charge in [0.15, 0.2) is 0 Å². The highest BCUT2D eigenvalue weighted by Gasteiger charge is 2.45. The van der Waals surface area contributed by atoms with Crippen molar-refractivity contribution in [1.82, 2.24) is 19.5 Å². The zero-order valence-electron chi connectivity index (χ0n) is 29.9. The molecule has 1 aromatic heterocycles. The zero-order valence-corrected chi connectivity index (χ0v) is 30.8. The van der Waals surface area contributed by atoms with E-state index in [2.05, 4.69) is 120 Å². The first kappa shape index (κ1) is 37.5. The van der Waals surface area contributed by atoms with Crippen molar-refractivity contribution >= 4 is 14.7 Å². The van der Waals surface area contributed by atoms with E-state index in [0.717, 1.165) is 16.7 Å². The second-order valence-corrected chi connectivity index (χ2v) is 14.6. The minimum Gasteiger partial charge on any atom is -0.351 e. The van der Waals surface area contributed by atoms with E-state index in [1.165, 1.54) is 4.57 Å². The van der Waals surface area contributed by atoms with E-state index in [1.807, 2.05) is 24.4 Å². The van der Waals surface area contributed by atoms with Crippen LogP contribution < -0.4 is 16.6 Å². The van der Waals surface area contributed by atoms with Crippen molar-refractivity contribution in [3.8, 4) is 0 Å². The maximum Gasteiger partial charge on any atom is 0.330 e. The van der Waals surface area contributed by atoms with Crippen LogP contribution in [0.4, 0.5) is 0 Å². The summed E-state index contributed by atoms with van der Waals surface area (Å²) in [4.78, 5) is 32.0. The third kappa shape index (κ3) is 8.57. The van der Waals surface area contributed by atoms with Gasteiger partial charge < -0.3 is 18.8 Å². The molecule has 4 atom stereocenters. The van der Waals surface area contributed by atoms with Gasteiger partial charge in [0.25, 0.3) is 14.1 Å². The molecule has 5 rings (SSSR count). The Kier molecular flexibility index (Phi) is 13.1. The molecule has 3 aromatic carbocycles. The number of hydrogen-bond acceptors (Lipinski definition) is 8. The van der Waals surface area contributed by atoms with Crippen LogP contribution in [0.1, 0.15) is 69.0 Å². The normalized spacial score (nSPS) is 18.9. The van der Waals surface area contributed by atoms with Crippen LogP contribution in [0, 0.1) is 6.92 Å². The van der Waals surface area contributed by atoms with Gasteiger partial charge in [-0.1, -0.05) is 91.0 Å². The van der Waals surface area contributed by atoms with Crippen LogP contribution in [0.3, 0.4) is 0 Å². The smallest absolute Gasteiger partial charge is 0.330 e. The van der Waals surface area contributed by atoms with Crippen LogP contribution in [0.5, 0.6) is 0 Å². The van der Waals surface area contributed by atoms with Gasteiger partial charge in [0.05, 0.1) is 24.9 Å². The number of benzene rings is 3. The minimum atomic E-state index is -1.46. The fraction of sp³-hybridized carbons (Fsp3) is 0.410. The fourth-order valence-corrected chi connectivity index (χ4v) is 8.33. The average molecular weight is 700 g/mol.